The van der Waals surface area contributed by atoms with Gasteiger partial charge in [0.05, 0.1) is 11.2 Å². The van der Waals surface area contributed by atoms with Crippen molar-refractivity contribution in [2.75, 3.05) is 4.90 Å². The van der Waals surface area contributed by atoms with Crippen LogP contribution in [0.25, 0.3) is 76.9 Å². The monoisotopic (exact) mass is 667 g/mol. The van der Waals surface area contributed by atoms with Gasteiger partial charge in [0, 0.05) is 33.1 Å². The number of anilines is 3. The van der Waals surface area contributed by atoms with Crippen molar-refractivity contribution in [3.05, 3.63) is 200 Å². The fourth-order valence-corrected chi connectivity index (χ4v) is 7.41. The summed E-state index contributed by atoms with van der Waals surface area (Å²) in [6.07, 6.45) is 0. The maximum absolute atomic E-state index is 9.48. The summed E-state index contributed by atoms with van der Waals surface area (Å²) in [6, 6.07) is 58.1. The summed E-state index contributed by atoms with van der Waals surface area (Å²) in [5.74, 6) is 0. The number of hydrogen-bond acceptors (Lipinski definition) is 2. The van der Waals surface area contributed by atoms with Crippen LogP contribution in [0.2, 0.25) is 0 Å². The summed E-state index contributed by atoms with van der Waals surface area (Å²) >= 11 is 0. The van der Waals surface area contributed by atoms with E-state index in [1.807, 2.05) is 95.9 Å². The van der Waals surface area contributed by atoms with Crippen molar-refractivity contribution in [3.8, 4) is 33.4 Å². The number of fused-ring (bicyclic) bond motifs is 6. The SMILES string of the molecule is [2H]c1c([2H])c(N(c2ccc(-c3cccc4ccccc34)cc2)c2ccccc2-c2ccc3c(c2)oc2c4ccccc4ccc32)c([2H])c([2H])c1-c1ccccc1. The highest BCUT2D eigenvalue weighted by Gasteiger charge is 2.19. The summed E-state index contributed by atoms with van der Waals surface area (Å²) in [6.45, 7) is 0. The summed E-state index contributed by atoms with van der Waals surface area (Å²) in [5.41, 5.74) is 7.95. The molecule has 0 aliphatic carbocycles. The third-order valence-electron chi connectivity index (χ3n) is 9.94. The Kier molecular flexibility index (Phi) is 6.22. The number of furan rings is 1. The molecule has 52 heavy (non-hydrogen) atoms. The van der Waals surface area contributed by atoms with Crippen LogP contribution in [-0.4, -0.2) is 0 Å². The zero-order valence-corrected chi connectivity index (χ0v) is 28.1. The standard InChI is InChI=1S/C50H33NO/c1-2-11-34(12-3-1)35-21-27-40(28-22-35)51(41-29-23-38(24-30-41)43-19-10-15-36-13-4-6-16-42(36)43)48-20-9-8-17-44(48)39-26-31-46-47-32-25-37-14-5-7-18-45(37)50(47)52-49(46)33-39/h1-33H/i21D,22D,27D,28D. The lowest BCUT2D eigenvalue weighted by atomic mass is 9.97. The second-order valence-electron chi connectivity index (χ2n) is 13.0. The second kappa shape index (κ2) is 12.5. The van der Waals surface area contributed by atoms with Crippen LogP contribution < -0.4 is 4.90 Å². The van der Waals surface area contributed by atoms with Gasteiger partial charge in [-0.05, 0) is 92.5 Å². The summed E-state index contributed by atoms with van der Waals surface area (Å²) in [5, 5.41) is 6.54. The van der Waals surface area contributed by atoms with Crippen LogP contribution in [0.5, 0.6) is 0 Å². The molecule has 2 heteroatoms. The van der Waals surface area contributed by atoms with Crippen LogP contribution in [0.15, 0.2) is 205 Å². The van der Waals surface area contributed by atoms with E-state index in [0.29, 0.717) is 16.9 Å². The van der Waals surface area contributed by atoms with Crippen molar-refractivity contribution < 1.29 is 9.90 Å². The van der Waals surface area contributed by atoms with Crippen molar-refractivity contribution in [3.63, 3.8) is 0 Å². The molecule has 1 aromatic heterocycles. The summed E-state index contributed by atoms with van der Waals surface area (Å²) in [7, 11) is 0. The van der Waals surface area contributed by atoms with E-state index in [1.54, 1.807) is 0 Å². The van der Waals surface area contributed by atoms with Crippen LogP contribution in [0.1, 0.15) is 5.48 Å². The molecule has 0 amide bonds. The molecule has 0 saturated heterocycles. The zero-order chi connectivity index (χ0) is 37.9. The van der Waals surface area contributed by atoms with Gasteiger partial charge in [-0.15, -0.1) is 0 Å². The number of hydrogen-bond donors (Lipinski definition) is 0. The quantitative estimate of drug-likeness (QED) is 0.175. The van der Waals surface area contributed by atoms with Crippen molar-refractivity contribution in [1.29, 1.82) is 0 Å². The van der Waals surface area contributed by atoms with Crippen LogP contribution >= 0.6 is 0 Å². The predicted molar refractivity (Wildman–Crippen MR) is 220 cm³/mol. The lowest BCUT2D eigenvalue weighted by Crippen LogP contribution is -2.11. The lowest BCUT2D eigenvalue weighted by molar-refractivity contribution is 0.673. The van der Waals surface area contributed by atoms with Gasteiger partial charge in [0.2, 0.25) is 0 Å². The fourth-order valence-electron chi connectivity index (χ4n) is 7.41. The smallest absolute Gasteiger partial charge is 0.143 e. The average molecular weight is 668 g/mol. The van der Waals surface area contributed by atoms with Crippen molar-refractivity contribution in [2.45, 2.75) is 0 Å². The average Bonchev–Trinajstić information content (AvgIpc) is 3.63. The minimum atomic E-state index is -0.127. The van der Waals surface area contributed by atoms with E-state index in [4.69, 9.17) is 4.42 Å². The largest absolute Gasteiger partial charge is 0.455 e. The molecule has 0 spiro atoms. The topological polar surface area (TPSA) is 16.4 Å². The molecule has 0 atom stereocenters. The molecule has 1 heterocycles. The maximum atomic E-state index is 9.48. The molecule has 0 radical (unpaired) electrons. The molecule has 244 valence electrons. The molecular formula is C50H33NO. The fraction of sp³-hybridized carbons (Fsp3) is 0. The van der Waals surface area contributed by atoms with E-state index in [1.165, 1.54) is 0 Å². The highest BCUT2D eigenvalue weighted by molar-refractivity contribution is 6.15. The molecule has 0 N–H and O–H groups in total. The minimum absolute atomic E-state index is 0.0991. The van der Waals surface area contributed by atoms with Gasteiger partial charge in [0.1, 0.15) is 11.2 Å². The normalized spacial score (nSPS) is 12.5. The molecule has 0 bridgehead atoms. The van der Waals surface area contributed by atoms with Gasteiger partial charge in [0.25, 0.3) is 0 Å². The lowest BCUT2D eigenvalue weighted by Gasteiger charge is -2.28. The molecule has 10 aromatic rings. The van der Waals surface area contributed by atoms with Gasteiger partial charge in [-0.2, -0.15) is 0 Å². The molecule has 10 rings (SSSR count). The first-order chi connectivity index (χ1) is 27.5. The van der Waals surface area contributed by atoms with Gasteiger partial charge in [0.15, 0.2) is 0 Å². The highest BCUT2D eigenvalue weighted by Crippen LogP contribution is 2.44. The van der Waals surface area contributed by atoms with Crippen molar-refractivity contribution >= 4 is 60.5 Å². The molecule has 0 saturated carbocycles. The third-order valence-corrected chi connectivity index (χ3v) is 9.94. The summed E-state index contributed by atoms with van der Waals surface area (Å²) in [4.78, 5) is 1.87. The Bertz CT molecular complexity index is 3100. The highest BCUT2D eigenvalue weighted by atomic mass is 16.3. The molecule has 0 aliphatic rings. The Balaban J connectivity index is 1.18. The van der Waals surface area contributed by atoms with Crippen LogP contribution in [0.4, 0.5) is 17.1 Å². The molecular weight excluding hydrogens is 631 g/mol. The van der Waals surface area contributed by atoms with Crippen molar-refractivity contribution in [2.24, 2.45) is 0 Å². The van der Waals surface area contributed by atoms with Gasteiger partial charge in [-0.25, -0.2) is 0 Å². The summed E-state index contributed by atoms with van der Waals surface area (Å²) < 4.78 is 44.0. The van der Waals surface area contributed by atoms with Gasteiger partial charge in [-0.1, -0.05) is 152 Å². The van der Waals surface area contributed by atoms with E-state index >= 15 is 0 Å². The first kappa shape index (κ1) is 26.0. The molecule has 0 fully saturated rings. The molecule has 0 unspecified atom stereocenters. The van der Waals surface area contributed by atoms with Crippen molar-refractivity contribution in [1.82, 2.24) is 0 Å². The maximum Gasteiger partial charge on any atom is 0.143 e. The van der Waals surface area contributed by atoms with E-state index < -0.39 is 0 Å². The minimum Gasteiger partial charge on any atom is -0.455 e. The first-order valence-corrected chi connectivity index (χ1v) is 17.4. The van der Waals surface area contributed by atoms with E-state index in [9.17, 15) is 5.48 Å². The van der Waals surface area contributed by atoms with E-state index in [2.05, 4.69) is 84.9 Å². The van der Waals surface area contributed by atoms with E-state index in [-0.39, 0.29) is 35.4 Å². The van der Waals surface area contributed by atoms with Crippen LogP contribution in [0, 0.1) is 0 Å². The van der Waals surface area contributed by atoms with Gasteiger partial charge >= 0.3 is 0 Å². The molecule has 2 nitrogen and oxygen atoms in total. The molecule has 0 aliphatic heterocycles. The van der Waals surface area contributed by atoms with Crippen LogP contribution in [0.3, 0.4) is 0 Å². The van der Waals surface area contributed by atoms with Gasteiger partial charge < -0.3 is 9.32 Å². The predicted octanol–water partition coefficient (Wildman–Crippen LogP) is 14.4. The first-order valence-electron chi connectivity index (χ1n) is 19.4. The Labute approximate surface area is 308 Å². The zero-order valence-electron chi connectivity index (χ0n) is 32.1. The van der Waals surface area contributed by atoms with Crippen LogP contribution in [-0.2, 0) is 0 Å². The van der Waals surface area contributed by atoms with E-state index in [0.717, 1.165) is 65.7 Å². The third kappa shape index (κ3) is 5.12. The number of nitrogens with zero attached hydrogens (tertiary/aromatic N) is 1. The second-order valence-corrected chi connectivity index (χ2v) is 13.0. The number of benzene rings is 9. The Hall–Kier alpha value is -6.90. The Morgan fingerprint density at radius 1 is 0.385 bits per heavy atom. The molecule has 9 aromatic carbocycles. The number of para-hydroxylation sites is 1. The van der Waals surface area contributed by atoms with Gasteiger partial charge in [-0.3, -0.25) is 0 Å². The Morgan fingerprint density at radius 2 is 1.02 bits per heavy atom. The Morgan fingerprint density at radius 3 is 1.85 bits per heavy atom. The number of rotatable bonds is 6.